The highest BCUT2D eigenvalue weighted by Gasteiger charge is 2.24. The Balaban J connectivity index is 2.59. The van der Waals surface area contributed by atoms with E-state index in [0.29, 0.717) is 0 Å². The van der Waals surface area contributed by atoms with Crippen molar-refractivity contribution in [1.29, 1.82) is 0 Å². The molecule has 0 aliphatic rings. The van der Waals surface area contributed by atoms with E-state index in [-0.39, 0.29) is 29.7 Å². The number of benzene rings is 1. The molecule has 2 atom stereocenters. The molecule has 1 aromatic rings. The molecular weight excluding hydrogens is 242 g/mol. The summed E-state index contributed by atoms with van der Waals surface area (Å²) >= 11 is 0. The van der Waals surface area contributed by atoms with Crippen LogP contribution < -0.4 is 5.32 Å². The molecule has 0 amide bonds. The molecular formula is C15H23NO3. The van der Waals surface area contributed by atoms with E-state index in [2.05, 4.69) is 5.32 Å². The number of phenols is 1. The standard InChI is InChI=1S/C15H23NO3/c1-10(2)14(15(18)19-4)16-11(3)9-12-5-7-13(17)8-6-12/h5-8,10-11,14,16-17H,9H2,1-4H3/t11?,14-/m0/s1. The summed E-state index contributed by atoms with van der Waals surface area (Å²) in [6.45, 7) is 6.01. The van der Waals surface area contributed by atoms with Gasteiger partial charge in [0.25, 0.3) is 0 Å². The van der Waals surface area contributed by atoms with E-state index >= 15 is 0 Å². The Kier molecular flexibility index (Phi) is 5.83. The molecule has 0 radical (unpaired) electrons. The maximum absolute atomic E-state index is 11.7. The minimum absolute atomic E-state index is 0.149. The van der Waals surface area contributed by atoms with Crippen LogP contribution in [-0.2, 0) is 16.0 Å². The van der Waals surface area contributed by atoms with Crippen LogP contribution in [0.1, 0.15) is 26.3 Å². The highest BCUT2D eigenvalue weighted by atomic mass is 16.5. The van der Waals surface area contributed by atoms with Crippen molar-refractivity contribution < 1.29 is 14.6 Å². The van der Waals surface area contributed by atoms with Gasteiger partial charge in [-0.05, 0) is 37.0 Å². The van der Waals surface area contributed by atoms with Crippen LogP contribution in [0.5, 0.6) is 5.75 Å². The fourth-order valence-corrected chi connectivity index (χ4v) is 2.01. The number of methoxy groups -OCH3 is 1. The van der Waals surface area contributed by atoms with Crippen molar-refractivity contribution >= 4 is 5.97 Å². The number of hydrogen-bond donors (Lipinski definition) is 2. The number of aromatic hydroxyl groups is 1. The highest BCUT2D eigenvalue weighted by molar-refractivity contribution is 5.75. The largest absolute Gasteiger partial charge is 0.508 e. The third-order valence-corrected chi connectivity index (χ3v) is 3.06. The molecule has 0 spiro atoms. The fourth-order valence-electron chi connectivity index (χ4n) is 2.01. The third kappa shape index (κ3) is 4.91. The van der Waals surface area contributed by atoms with Crippen molar-refractivity contribution in [1.82, 2.24) is 5.32 Å². The van der Waals surface area contributed by atoms with Crippen LogP contribution in [0.3, 0.4) is 0 Å². The van der Waals surface area contributed by atoms with Gasteiger partial charge in [-0.25, -0.2) is 0 Å². The van der Waals surface area contributed by atoms with E-state index in [9.17, 15) is 9.90 Å². The number of rotatable bonds is 6. The summed E-state index contributed by atoms with van der Waals surface area (Å²) in [6, 6.07) is 6.96. The topological polar surface area (TPSA) is 58.6 Å². The molecule has 0 saturated heterocycles. The van der Waals surface area contributed by atoms with E-state index < -0.39 is 0 Å². The molecule has 0 fully saturated rings. The molecule has 0 aromatic heterocycles. The molecule has 0 aliphatic carbocycles. The summed E-state index contributed by atoms with van der Waals surface area (Å²) in [5, 5.41) is 12.5. The van der Waals surface area contributed by atoms with E-state index in [1.165, 1.54) is 7.11 Å². The van der Waals surface area contributed by atoms with Crippen molar-refractivity contribution in [2.24, 2.45) is 5.92 Å². The second-order valence-corrected chi connectivity index (χ2v) is 5.18. The van der Waals surface area contributed by atoms with Crippen molar-refractivity contribution in [2.75, 3.05) is 7.11 Å². The predicted molar refractivity (Wildman–Crippen MR) is 75.1 cm³/mol. The minimum Gasteiger partial charge on any atom is -0.508 e. The average Bonchev–Trinajstić information content (AvgIpc) is 2.37. The van der Waals surface area contributed by atoms with Crippen molar-refractivity contribution in [3.63, 3.8) is 0 Å². The van der Waals surface area contributed by atoms with Crippen molar-refractivity contribution in [3.05, 3.63) is 29.8 Å². The summed E-state index contributed by atoms with van der Waals surface area (Å²) in [6.07, 6.45) is 0.792. The van der Waals surface area contributed by atoms with Gasteiger partial charge < -0.3 is 15.2 Å². The zero-order chi connectivity index (χ0) is 14.4. The van der Waals surface area contributed by atoms with Gasteiger partial charge in [-0.1, -0.05) is 26.0 Å². The first-order chi connectivity index (χ1) is 8.93. The summed E-state index contributed by atoms with van der Waals surface area (Å²) in [5.74, 6) is 0.209. The molecule has 0 aliphatic heterocycles. The van der Waals surface area contributed by atoms with E-state index in [1.54, 1.807) is 12.1 Å². The number of carbonyl (C=O) groups is 1. The first kappa shape index (κ1) is 15.5. The summed E-state index contributed by atoms with van der Waals surface area (Å²) < 4.78 is 4.81. The van der Waals surface area contributed by atoms with Crippen LogP contribution in [0.2, 0.25) is 0 Å². The lowest BCUT2D eigenvalue weighted by Gasteiger charge is -2.24. The zero-order valence-corrected chi connectivity index (χ0v) is 12.0. The van der Waals surface area contributed by atoms with Crippen LogP contribution in [-0.4, -0.2) is 30.3 Å². The van der Waals surface area contributed by atoms with Gasteiger partial charge in [0, 0.05) is 6.04 Å². The number of esters is 1. The lowest BCUT2D eigenvalue weighted by molar-refractivity contribution is -0.144. The van der Waals surface area contributed by atoms with Crippen molar-refractivity contribution in [2.45, 2.75) is 39.3 Å². The zero-order valence-electron chi connectivity index (χ0n) is 12.0. The van der Waals surface area contributed by atoms with Crippen LogP contribution in [0.15, 0.2) is 24.3 Å². The summed E-state index contributed by atoms with van der Waals surface area (Å²) in [7, 11) is 1.41. The Morgan fingerprint density at radius 1 is 1.26 bits per heavy atom. The number of hydrogen-bond acceptors (Lipinski definition) is 4. The van der Waals surface area contributed by atoms with Gasteiger partial charge in [0.2, 0.25) is 0 Å². The van der Waals surface area contributed by atoms with Crippen LogP contribution in [0, 0.1) is 5.92 Å². The average molecular weight is 265 g/mol. The second-order valence-electron chi connectivity index (χ2n) is 5.18. The third-order valence-electron chi connectivity index (χ3n) is 3.06. The summed E-state index contributed by atoms with van der Waals surface area (Å²) in [5.41, 5.74) is 1.12. The number of ether oxygens (including phenoxy) is 1. The SMILES string of the molecule is COC(=O)[C@@H](NC(C)Cc1ccc(O)cc1)C(C)C. The molecule has 2 N–H and O–H groups in total. The van der Waals surface area contributed by atoms with Crippen LogP contribution >= 0.6 is 0 Å². The normalized spacial score (nSPS) is 14.2. The Hall–Kier alpha value is -1.55. The Morgan fingerprint density at radius 2 is 1.84 bits per heavy atom. The quantitative estimate of drug-likeness (QED) is 0.773. The number of nitrogens with one attached hydrogen (secondary N) is 1. The van der Waals surface area contributed by atoms with Crippen molar-refractivity contribution in [3.8, 4) is 5.75 Å². The molecule has 4 nitrogen and oxygen atoms in total. The van der Waals surface area contributed by atoms with Gasteiger partial charge in [0.05, 0.1) is 7.11 Å². The van der Waals surface area contributed by atoms with E-state index in [1.807, 2.05) is 32.9 Å². The van der Waals surface area contributed by atoms with Crippen LogP contribution in [0.25, 0.3) is 0 Å². The highest BCUT2D eigenvalue weighted by Crippen LogP contribution is 2.12. The molecule has 1 unspecified atom stereocenters. The van der Waals surface area contributed by atoms with Crippen LogP contribution in [0.4, 0.5) is 0 Å². The van der Waals surface area contributed by atoms with Gasteiger partial charge >= 0.3 is 5.97 Å². The predicted octanol–water partition coefficient (Wildman–Crippen LogP) is 2.11. The Morgan fingerprint density at radius 3 is 2.32 bits per heavy atom. The maximum Gasteiger partial charge on any atom is 0.323 e. The Bertz CT molecular complexity index is 400. The summed E-state index contributed by atoms with van der Waals surface area (Å²) in [4.78, 5) is 11.7. The monoisotopic (exact) mass is 265 g/mol. The van der Waals surface area contributed by atoms with E-state index in [0.717, 1.165) is 12.0 Å². The molecule has 4 heteroatoms. The lowest BCUT2D eigenvalue weighted by Crippen LogP contribution is -2.46. The van der Waals surface area contributed by atoms with Gasteiger partial charge in [-0.15, -0.1) is 0 Å². The smallest absolute Gasteiger partial charge is 0.323 e. The van der Waals surface area contributed by atoms with Gasteiger partial charge in [0.1, 0.15) is 11.8 Å². The molecule has 0 heterocycles. The second kappa shape index (κ2) is 7.14. The number of phenolic OH excluding ortho intramolecular Hbond substituents is 1. The first-order valence-corrected chi connectivity index (χ1v) is 6.55. The molecule has 0 saturated carbocycles. The Labute approximate surface area is 114 Å². The minimum atomic E-state index is -0.294. The molecule has 1 rings (SSSR count). The fraction of sp³-hybridized carbons (Fsp3) is 0.533. The maximum atomic E-state index is 11.7. The van der Waals surface area contributed by atoms with Gasteiger partial charge in [-0.3, -0.25) is 4.79 Å². The molecule has 19 heavy (non-hydrogen) atoms. The molecule has 106 valence electrons. The number of carbonyl (C=O) groups excluding carboxylic acids is 1. The first-order valence-electron chi connectivity index (χ1n) is 6.55. The lowest BCUT2D eigenvalue weighted by atomic mass is 10.0. The molecule has 1 aromatic carbocycles. The van der Waals surface area contributed by atoms with Gasteiger partial charge in [0.15, 0.2) is 0 Å². The van der Waals surface area contributed by atoms with E-state index in [4.69, 9.17) is 4.74 Å². The molecule has 0 bridgehead atoms. The van der Waals surface area contributed by atoms with Gasteiger partial charge in [-0.2, -0.15) is 0 Å².